The van der Waals surface area contributed by atoms with Crippen molar-refractivity contribution in [1.29, 1.82) is 0 Å². The number of halogens is 1. The standard InChI is InChI=1S/C21H19ClN6O2/c1-13-4-3-5-17(14(13)2)24-18(29)11-27-12-23-20-19(21(27)30)25-26-28(20)10-15-6-8-16(22)9-7-15/h3-9,12H,10-11H2,1-2H3,(H,24,29). The van der Waals surface area contributed by atoms with Crippen molar-refractivity contribution in [3.05, 3.63) is 80.9 Å². The lowest BCUT2D eigenvalue weighted by Gasteiger charge is -2.11. The van der Waals surface area contributed by atoms with Crippen LogP contribution in [0.4, 0.5) is 5.69 Å². The number of aromatic nitrogens is 5. The third kappa shape index (κ3) is 3.95. The summed E-state index contributed by atoms with van der Waals surface area (Å²) in [5, 5.41) is 11.5. The van der Waals surface area contributed by atoms with Crippen LogP contribution in [0.1, 0.15) is 16.7 Å². The highest BCUT2D eigenvalue weighted by atomic mass is 35.5. The molecular weight excluding hydrogens is 404 g/mol. The summed E-state index contributed by atoms with van der Waals surface area (Å²) in [5.41, 5.74) is 3.79. The Hall–Kier alpha value is -3.52. The molecule has 0 fully saturated rings. The van der Waals surface area contributed by atoms with Gasteiger partial charge in [-0.1, -0.05) is 41.1 Å². The van der Waals surface area contributed by atoms with E-state index in [4.69, 9.17) is 11.6 Å². The average molecular weight is 423 g/mol. The van der Waals surface area contributed by atoms with E-state index in [2.05, 4.69) is 20.6 Å². The number of amides is 1. The Kier molecular flexibility index (Phi) is 5.33. The molecule has 0 saturated heterocycles. The Morgan fingerprint density at radius 3 is 2.67 bits per heavy atom. The molecule has 0 unspecified atom stereocenters. The predicted molar refractivity (Wildman–Crippen MR) is 115 cm³/mol. The van der Waals surface area contributed by atoms with E-state index in [9.17, 15) is 9.59 Å². The van der Waals surface area contributed by atoms with Gasteiger partial charge in [0.15, 0.2) is 11.2 Å². The number of nitrogens with zero attached hydrogens (tertiary/aromatic N) is 5. The summed E-state index contributed by atoms with van der Waals surface area (Å²) in [6.45, 7) is 4.14. The monoisotopic (exact) mass is 422 g/mol. The van der Waals surface area contributed by atoms with Gasteiger partial charge in [0.1, 0.15) is 12.9 Å². The minimum atomic E-state index is -0.418. The van der Waals surface area contributed by atoms with Crippen LogP contribution in [0.15, 0.2) is 53.6 Å². The molecule has 30 heavy (non-hydrogen) atoms. The second-order valence-corrected chi connectivity index (χ2v) is 7.46. The van der Waals surface area contributed by atoms with Gasteiger partial charge in [-0.2, -0.15) is 0 Å². The highest BCUT2D eigenvalue weighted by Gasteiger charge is 2.14. The number of carbonyl (C=O) groups excluding carboxylic acids is 1. The van der Waals surface area contributed by atoms with Gasteiger partial charge < -0.3 is 5.32 Å². The Morgan fingerprint density at radius 2 is 1.90 bits per heavy atom. The van der Waals surface area contributed by atoms with Crippen molar-refractivity contribution in [1.82, 2.24) is 24.5 Å². The highest BCUT2D eigenvalue weighted by Crippen LogP contribution is 2.18. The number of anilines is 1. The molecule has 0 aliphatic carbocycles. The first-order chi connectivity index (χ1) is 14.4. The number of benzene rings is 2. The summed E-state index contributed by atoms with van der Waals surface area (Å²) in [6.07, 6.45) is 1.34. The van der Waals surface area contributed by atoms with Gasteiger partial charge in [-0.3, -0.25) is 14.2 Å². The SMILES string of the molecule is Cc1cccc(NC(=O)Cn2cnc3c(nnn3Cc3ccc(Cl)cc3)c2=O)c1C. The molecule has 4 aromatic rings. The van der Waals surface area contributed by atoms with E-state index in [0.717, 1.165) is 22.4 Å². The third-order valence-corrected chi connectivity index (χ3v) is 5.18. The Bertz CT molecular complexity index is 1290. The molecule has 0 atom stereocenters. The topological polar surface area (TPSA) is 94.7 Å². The van der Waals surface area contributed by atoms with Gasteiger partial charge in [0, 0.05) is 10.7 Å². The van der Waals surface area contributed by atoms with Gasteiger partial charge in [-0.25, -0.2) is 9.67 Å². The molecule has 0 aliphatic rings. The fourth-order valence-electron chi connectivity index (χ4n) is 3.10. The van der Waals surface area contributed by atoms with Crippen LogP contribution < -0.4 is 10.9 Å². The molecule has 0 bridgehead atoms. The second-order valence-electron chi connectivity index (χ2n) is 7.02. The van der Waals surface area contributed by atoms with Crippen molar-refractivity contribution in [2.24, 2.45) is 0 Å². The lowest BCUT2D eigenvalue weighted by atomic mass is 10.1. The maximum absolute atomic E-state index is 12.8. The maximum atomic E-state index is 12.8. The fourth-order valence-corrected chi connectivity index (χ4v) is 3.23. The van der Waals surface area contributed by atoms with Crippen LogP contribution in [0.5, 0.6) is 0 Å². The molecule has 0 spiro atoms. The van der Waals surface area contributed by atoms with Crippen LogP contribution in [0.2, 0.25) is 5.02 Å². The van der Waals surface area contributed by atoms with Crippen LogP contribution in [0.3, 0.4) is 0 Å². The van der Waals surface area contributed by atoms with Gasteiger partial charge in [-0.15, -0.1) is 5.10 Å². The fraction of sp³-hybridized carbons (Fsp3) is 0.190. The molecule has 2 aromatic heterocycles. The maximum Gasteiger partial charge on any atom is 0.283 e. The minimum absolute atomic E-state index is 0.117. The van der Waals surface area contributed by atoms with Crippen molar-refractivity contribution in [2.75, 3.05) is 5.32 Å². The van der Waals surface area contributed by atoms with Crippen molar-refractivity contribution in [2.45, 2.75) is 26.9 Å². The first kappa shape index (κ1) is 19.8. The molecule has 0 radical (unpaired) electrons. The van der Waals surface area contributed by atoms with E-state index in [0.29, 0.717) is 17.2 Å². The number of fused-ring (bicyclic) bond motifs is 1. The quantitative estimate of drug-likeness (QED) is 0.533. The Balaban J connectivity index is 1.55. The van der Waals surface area contributed by atoms with Crippen molar-refractivity contribution in [3.8, 4) is 0 Å². The molecule has 1 amide bonds. The van der Waals surface area contributed by atoms with Gasteiger partial charge in [0.2, 0.25) is 5.91 Å². The number of rotatable bonds is 5. The number of hydrogen-bond donors (Lipinski definition) is 1. The molecule has 152 valence electrons. The van der Waals surface area contributed by atoms with E-state index < -0.39 is 5.56 Å². The molecule has 2 heterocycles. The summed E-state index contributed by atoms with van der Waals surface area (Å²) in [6, 6.07) is 13.0. The molecule has 4 rings (SSSR count). The minimum Gasteiger partial charge on any atom is -0.324 e. The van der Waals surface area contributed by atoms with Crippen LogP contribution >= 0.6 is 11.6 Å². The van der Waals surface area contributed by atoms with E-state index in [1.165, 1.54) is 10.9 Å². The van der Waals surface area contributed by atoms with E-state index in [-0.39, 0.29) is 18.0 Å². The smallest absolute Gasteiger partial charge is 0.283 e. The summed E-state index contributed by atoms with van der Waals surface area (Å²) in [4.78, 5) is 29.5. The molecule has 0 aliphatic heterocycles. The molecule has 9 heteroatoms. The Labute approximate surface area is 177 Å². The lowest BCUT2D eigenvalue weighted by Crippen LogP contribution is -2.28. The Morgan fingerprint density at radius 1 is 1.13 bits per heavy atom. The first-order valence-corrected chi connectivity index (χ1v) is 9.69. The second kappa shape index (κ2) is 8.08. The van der Waals surface area contributed by atoms with E-state index in [1.807, 2.05) is 44.2 Å². The molecule has 0 saturated carbocycles. The molecular formula is C21H19ClN6O2. The van der Waals surface area contributed by atoms with Crippen LogP contribution in [0.25, 0.3) is 11.2 Å². The van der Waals surface area contributed by atoms with Gasteiger partial charge in [0.05, 0.1) is 6.54 Å². The zero-order valence-electron chi connectivity index (χ0n) is 16.5. The number of aryl methyl sites for hydroxylation is 1. The molecule has 2 aromatic carbocycles. The van der Waals surface area contributed by atoms with E-state index >= 15 is 0 Å². The number of carbonyl (C=O) groups is 1. The van der Waals surface area contributed by atoms with Crippen LogP contribution in [-0.2, 0) is 17.9 Å². The van der Waals surface area contributed by atoms with Gasteiger partial charge in [-0.05, 0) is 48.7 Å². The van der Waals surface area contributed by atoms with Crippen molar-refractivity contribution >= 4 is 34.4 Å². The summed E-state index contributed by atoms with van der Waals surface area (Å²) < 4.78 is 2.77. The lowest BCUT2D eigenvalue weighted by molar-refractivity contribution is -0.116. The average Bonchev–Trinajstić information content (AvgIpc) is 3.13. The zero-order valence-corrected chi connectivity index (χ0v) is 17.2. The van der Waals surface area contributed by atoms with Crippen molar-refractivity contribution < 1.29 is 4.79 Å². The first-order valence-electron chi connectivity index (χ1n) is 9.31. The summed E-state index contributed by atoms with van der Waals surface area (Å²) in [7, 11) is 0. The van der Waals surface area contributed by atoms with Crippen LogP contribution in [0, 0.1) is 13.8 Å². The third-order valence-electron chi connectivity index (χ3n) is 4.93. The van der Waals surface area contributed by atoms with Gasteiger partial charge in [0.25, 0.3) is 5.56 Å². The highest BCUT2D eigenvalue weighted by molar-refractivity contribution is 6.30. The number of nitrogens with one attached hydrogen (secondary N) is 1. The normalized spacial score (nSPS) is 11.0. The van der Waals surface area contributed by atoms with Crippen molar-refractivity contribution in [3.63, 3.8) is 0 Å². The molecule has 8 nitrogen and oxygen atoms in total. The van der Waals surface area contributed by atoms with Crippen LogP contribution in [-0.4, -0.2) is 30.5 Å². The zero-order chi connectivity index (χ0) is 21.3. The van der Waals surface area contributed by atoms with E-state index in [1.54, 1.807) is 16.8 Å². The number of hydrogen-bond acceptors (Lipinski definition) is 5. The summed E-state index contributed by atoms with van der Waals surface area (Å²) in [5.74, 6) is -0.319. The summed E-state index contributed by atoms with van der Waals surface area (Å²) >= 11 is 5.91. The molecule has 1 N–H and O–H groups in total. The van der Waals surface area contributed by atoms with Gasteiger partial charge >= 0.3 is 0 Å². The largest absolute Gasteiger partial charge is 0.324 e. The predicted octanol–water partition coefficient (Wildman–Crippen LogP) is 2.95.